The number of carbonyl (C=O) groups excluding carboxylic acids is 1. The summed E-state index contributed by atoms with van der Waals surface area (Å²) >= 11 is 1.79. The number of amides is 1. The molecule has 1 saturated carbocycles. The van der Waals surface area contributed by atoms with Gasteiger partial charge in [-0.05, 0) is 43.9 Å². The second kappa shape index (κ2) is 7.84. The summed E-state index contributed by atoms with van der Waals surface area (Å²) in [5, 5.41) is 4.58. The standard InChI is InChI=1S/C18H23N3O3S2/c1-21-11-10-19-18(21)25-15-8-6-14(7-9-15)20-17(22)13-4-3-5-16(12-13)26(2,23)24/h3-5,10-12,14-15H,6-9H2,1-2H3,(H,20,22). The molecule has 0 bridgehead atoms. The lowest BCUT2D eigenvalue weighted by molar-refractivity contribution is 0.0928. The van der Waals surface area contributed by atoms with Gasteiger partial charge in [-0.25, -0.2) is 13.4 Å². The summed E-state index contributed by atoms with van der Waals surface area (Å²) in [5.41, 5.74) is 0.387. The van der Waals surface area contributed by atoms with Crippen molar-refractivity contribution in [3.05, 3.63) is 42.2 Å². The number of thioether (sulfide) groups is 1. The highest BCUT2D eigenvalue weighted by Crippen LogP contribution is 2.32. The Morgan fingerprint density at radius 1 is 1.27 bits per heavy atom. The van der Waals surface area contributed by atoms with E-state index in [4.69, 9.17) is 0 Å². The minimum Gasteiger partial charge on any atom is -0.349 e. The first-order valence-corrected chi connectivity index (χ1v) is 11.3. The van der Waals surface area contributed by atoms with Gasteiger partial charge in [-0.15, -0.1) is 0 Å². The molecule has 1 aliphatic carbocycles. The first-order chi connectivity index (χ1) is 12.3. The van der Waals surface area contributed by atoms with E-state index in [1.54, 1.807) is 30.1 Å². The van der Waals surface area contributed by atoms with Crippen LogP contribution < -0.4 is 5.32 Å². The van der Waals surface area contributed by atoms with Gasteiger partial charge in [0.25, 0.3) is 5.91 Å². The average Bonchev–Trinajstić information content (AvgIpc) is 3.01. The van der Waals surface area contributed by atoms with Crippen molar-refractivity contribution in [1.82, 2.24) is 14.9 Å². The van der Waals surface area contributed by atoms with E-state index in [2.05, 4.69) is 10.3 Å². The van der Waals surface area contributed by atoms with Crippen molar-refractivity contribution in [2.24, 2.45) is 7.05 Å². The molecule has 1 aromatic carbocycles. The minimum absolute atomic E-state index is 0.127. The molecule has 0 aliphatic heterocycles. The Bertz CT molecular complexity index is 885. The summed E-state index contributed by atoms with van der Waals surface area (Å²) in [4.78, 5) is 17.0. The summed E-state index contributed by atoms with van der Waals surface area (Å²) in [6.07, 6.45) is 8.76. The van der Waals surface area contributed by atoms with E-state index >= 15 is 0 Å². The molecule has 1 aliphatic rings. The number of hydrogen-bond acceptors (Lipinski definition) is 5. The van der Waals surface area contributed by atoms with Gasteiger partial charge >= 0.3 is 0 Å². The third kappa shape index (κ3) is 4.67. The number of hydrogen-bond donors (Lipinski definition) is 1. The van der Waals surface area contributed by atoms with Crippen LogP contribution in [0.2, 0.25) is 0 Å². The Morgan fingerprint density at radius 3 is 2.62 bits per heavy atom. The number of sulfone groups is 1. The maximum Gasteiger partial charge on any atom is 0.251 e. The van der Waals surface area contributed by atoms with E-state index in [-0.39, 0.29) is 16.8 Å². The fourth-order valence-electron chi connectivity index (χ4n) is 3.08. The van der Waals surface area contributed by atoms with Gasteiger partial charge < -0.3 is 9.88 Å². The summed E-state index contributed by atoms with van der Waals surface area (Å²) in [6, 6.07) is 6.32. The number of benzene rings is 1. The molecule has 0 saturated heterocycles. The fraction of sp³-hybridized carbons (Fsp3) is 0.444. The molecule has 0 atom stereocenters. The van der Waals surface area contributed by atoms with Crippen LogP contribution in [-0.4, -0.2) is 41.4 Å². The number of rotatable bonds is 5. The van der Waals surface area contributed by atoms with Gasteiger partial charge in [-0.2, -0.15) is 0 Å². The Hall–Kier alpha value is -1.80. The molecule has 26 heavy (non-hydrogen) atoms. The lowest BCUT2D eigenvalue weighted by atomic mass is 9.94. The highest BCUT2D eigenvalue weighted by molar-refractivity contribution is 7.99. The first-order valence-electron chi connectivity index (χ1n) is 8.58. The molecule has 8 heteroatoms. The van der Waals surface area contributed by atoms with Crippen LogP contribution in [0, 0.1) is 0 Å². The van der Waals surface area contributed by atoms with Crippen LogP contribution in [0.1, 0.15) is 36.0 Å². The zero-order valence-electron chi connectivity index (χ0n) is 14.9. The highest BCUT2D eigenvalue weighted by atomic mass is 32.2. The van der Waals surface area contributed by atoms with Crippen LogP contribution >= 0.6 is 11.8 Å². The van der Waals surface area contributed by atoms with Crippen molar-refractivity contribution in [2.45, 2.75) is 47.0 Å². The van der Waals surface area contributed by atoms with Gasteiger partial charge in [0.2, 0.25) is 0 Å². The molecule has 2 aromatic rings. The smallest absolute Gasteiger partial charge is 0.251 e. The van der Waals surface area contributed by atoms with Crippen LogP contribution in [0.5, 0.6) is 0 Å². The molecule has 140 valence electrons. The molecule has 0 unspecified atom stereocenters. The lowest BCUT2D eigenvalue weighted by Gasteiger charge is -2.28. The predicted octanol–water partition coefficient (Wildman–Crippen LogP) is 2.66. The van der Waals surface area contributed by atoms with E-state index < -0.39 is 9.84 Å². The molecule has 1 amide bonds. The highest BCUT2D eigenvalue weighted by Gasteiger charge is 2.24. The molecule has 3 rings (SSSR count). The number of carbonyl (C=O) groups is 1. The number of aromatic nitrogens is 2. The van der Waals surface area contributed by atoms with E-state index in [0.717, 1.165) is 37.1 Å². The molecule has 1 heterocycles. The molecular weight excluding hydrogens is 370 g/mol. The van der Waals surface area contributed by atoms with E-state index in [1.807, 2.05) is 17.8 Å². The maximum absolute atomic E-state index is 12.5. The van der Waals surface area contributed by atoms with E-state index in [9.17, 15) is 13.2 Å². The third-order valence-corrected chi connectivity index (χ3v) is 7.10. The topological polar surface area (TPSA) is 81.1 Å². The van der Waals surface area contributed by atoms with Gasteiger partial charge in [-0.3, -0.25) is 4.79 Å². The van der Waals surface area contributed by atoms with Gasteiger partial charge in [0.05, 0.1) is 4.90 Å². The van der Waals surface area contributed by atoms with Crippen molar-refractivity contribution < 1.29 is 13.2 Å². The Balaban J connectivity index is 1.54. The quantitative estimate of drug-likeness (QED) is 0.845. The zero-order valence-corrected chi connectivity index (χ0v) is 16.5. The number of nitrogens with one attached hydrogen (secondary N) is 1. The van der Waals surface area contributed by atoms with Crippen LogP contribution in [-0.2, 0) is 16.9 Å². The number of imidazole rings is 1. The van der Waals surface area contributed by atoms with Crippen LogP contribution in [0.3, 0.4) is 0 Å². The van der Waals surface area contributed by atoms with Gasteiger partial charge in [-0.1, -0.05) is 17.8 Å². The summed E-state index contributed by atoms with van der Waals surface area (Å²) < 4.78 is 25.3. The van der Waals surface area contributed by atoms with Gasteiger partial charge in [0.1, 0.15) is 0 Å². The second-order valence-corrected chi connectivity index (χ2v) is 9.97. The van der Waals surface area contributed by atoms with Crippen molar-refractivity contribution in [3.8, 4) is 0 Å². The Morgan fingerprint density at radius 2 is 2.00 bits per heavy atom. The number of nitrogens with zero attached hydrogens (tertiary/aromatic N) is 2. The first kappa shape index (κ1) is 19.0. The molecule has 0 radical (unpaired) electrons. The van der Waals surface area contributed by atoms with Crippen molar-refractivity contribution in [3.63, 3.8) is 0 Å². The van der Waals surface area contributed by atoms with Crippen molar-refractivity contribution in [1.29, 1.82) is 0 Å². The fourth-order valence-corrected chi connectivity index (χ4v) is 4.90. The summed E-state index contributed by atoms with van der Waals surface area (Å²) in [6.45, 7) is 0. The maximum atomic E-state index is 12.5. The lowest BCUT2D eigenvalue weighted by Crippen LogP contribution is -2.38. The largest absolute Gasteiger partial charge is 0.349 e. The molecule has 1 N–H and O–H groups in total. The van der Waals surface area contributed by atoms with Crippen LogP contribution in [0.4, 0.5) is 0 Å². The molecule has 6 nitrogen and oxygen atoms in total. The summed E-state index contributed by atoms with van der Waals surface area (Å²) in [5.74, 6) is -0.212. The predicted molar refractivity (Wildman–Crippen MR) is 102 cm³/mol. The third-order valence-electron chi connectivity index (χ3n) is 4.58. The summed E-state index contributed by atoms with van der Waals surface area (Å²) in [7, 11) is -1.33. The second-order valence-electron chi connectivity index (χ2n) is 6.69. The average molecular weight is 394 g/mol. The Labute approximate surface area is 158 Å². The van der Waals surface area contributed by atoms with Crippen LogP contribution in [0.25, 0.3) is 0 Å². The molecule has 1 aromatic heterocycles. The molecule has 1 fully saturated rings. The van der Waals surface area contributed by atoms with Crippen molar-refractivity contribution in [2.75, 3.05) is 6.26 Å². The normalized spacial score (nSPS) is 20.7. The van der Waals surface area contributed by atoms with Gasteiger partial charge in [0, 0.05) is 42.6 Å². The van der Waals surface area contributed by atoms with Crippen molar-refractivity contribution >= 4 is 27.5 Å². The number of aryl methyl sites for hydroxylation is 1. The zero-order chi connectivity index (χ0) is 18.7. The molecular formula is C18H23N3O3S2. The molecule has 0 spiro atoms. The minimum atomic E-state index is -3.32. The SMILES string of the molecule is Cn1ccnc1SC1CCC(NC(=O)c2cccc(S(C)(=O)=O)c2)CC1. The Kier molecular flexibility index (Phi) is 5.72. The van der Waals surface area contributed by atoms with Gasteiger partial charge in [0.15, 0.2) is 15.0 Å². The van der Waals surface area contributed by atoms with E-state index in [0.29, 0.717) is 10.8 Å². The van der Waals surface area contributed by atoms with Crippen LogP contribution in [0.15, 0.2) is 46.7 Å². The van der Waals surface area contributed by atoms with E-state index in [1.165, 1.54) is 12.1 Å². The monoisotopic (exact) mass is 393 g/mol.